The number of nitrogens with zero attached hydrogens (tertiary/aromatic N) is 1. The van der Waals surface area contributed by atoms with E-state index >= 15 is 0 Å². The Balaban J connectivity index is 1.65. The molecule has 1 fully saturated rings. The number of hydrogen-bond acceptors (Lipinski definition) is 6. The highest BCUT2D eigenvalue weighted by Gasteiger charge is 2.37. The minimum atomic E-state index is -0.858. The van der Waals surface area contributed by atoms with E-state index in [1.54, 1.807) is 54.6 Å². The first-order valence-corrected chi connectivity index (χ1v) is 11.1. The summed E-state index contributed by atoms with van der Waals surface area (Å²) >= 11 is 0. The van der Waals surface area contributed by atoms with Crippen molar-refractivity contribution < 1.29 is 33.0 Å². The fourth-order valence-corrected chi connectivity index (χ4v) is 3.58. The summed E-state index contributed by atoms with van der Waals surface area (Å²) in [7, 11) is 1.49. The Bertz CT molecular complexity index is 1340. The number of ether oxygens (including phenoxy) is 3. The first-order chi connectivity index (χ1) is 17.4. The van der Waals surface area contributed by atoms with Crippen molar-refractivity contribution in [3.63, 3.8) is 0 Å². The van der Waals surface area contributed by atoms with E-state index in [-0.39, 0.29) is 17.9 Å². The minimum absolute atomic E-state index is 0.0397. The van der Waals surface area contributed by atoms with Crippen molar-refractivity contribution in [3.8, 4) is 17.2 Å². The van der Waals surface area contributed by atoms with Crippen LogP contribution in [0.1, 0.15) is 18.1 Å². The highest BCUT2D eigenvalue weighted by molar-refractivity contribution is 6.39. The monoisotopic (exact) mass is 490 g/mol. The van der Waals surface area contributed by atoms with Gasteiger partial charge in [0.2, 0.25) is 0 Å². The van der Waals surface area contributed by atoms with Crippen LogP contribution in [-0.4, -0.2) is 31.6 Å². The molecule has 184 valence electrons. The normalized spacial score (nSPS) is 14.6. The number of amides is 4. The van der Waals surface area contributed by atoms with Gasteiger partial charge in [-0.1, -0.05) is 12.1 Å². The summed E-state index contributed by atoms with van der Waals surface area (Å²) in [6.45, 7) is 2.35. The summed E-state index contributed by atoms with van der Waals surface area (Å²) in [6.07, 6.45) is 1.34. The zero-order valence-electron chi connectivity index (χ0n) is 19.6. The fourth-order valence-electron chi connectivity index (χ4n) is 3.58. The zero-order valence-corrected chi connectivity index (χ0v) is 19.6. The molecule has 8 nitrogen and oxygen atoms in total. The molecule has 0 bridgehead atoms. The second kappa shape index (κ2) is 10.7. The number of nitrogens with one attached hydrogen (secondary N) is 1. The zero-order chi connectivity index (χ0) is 25.7. The summed E-state index contributed by atoms with van der Waals surface area (Å²) in [5.41, 5.74) is 1.00. The fraction of sp³-hybridized carbons (Fsp3) is 0.148. The molecule has 1 saturated heterocycles. The molecule has 3 aromatic carbocycles. The third kappa shape index (κ3) is 5.35. The van der Waals surface area contributed by atoms with Crippen molar-refractivity contribution in [1.29, 1.82) is 0 Å². The van der Waals surface area contributed by atoms with Gasteiger partial charge in [-0.2, -0.15) is 0 Å². The summed E-state index contributed by atoms with van der Waals surface area (Å²) in [6, 6.07) is 16.3. The van der Waals surface area contributed by atoms with Crippen LogP contribution in [0.2, 0.25) is 0 Å². The Hall–Kier alpha value is -4.66. The molecule has 9 heteroatoms. The van der Waals surface area contributed by atoms with Gasteiger partial charge in [-0.05, 0) is 67.1 Å². The Labute approximate surface area is 206 Å². The molecule has 0 saturated carbocycles. The van der Waals surface area contributed by atoms with E-state index in [2.05, 4.69) is 5.32 Å². The number of halogens is 1. The van der Waals surface area contributed by atoms with E-state index < -0.39 is 23.7 Å². The molecule has 0 aliphatic carbocycles. The second-order valence-corrected chi connectivity index (χ2v) is 7.71. The molecule has 36 heavy (non-hydrogen) atoms. The molecule has 1 heterocycles. The average Bonchev–Trinajstić information content (AvgIpc) is 2.87. The molecule has 1 N–H and O–H groups in total. The van der Waals surface area contributed by atoms with E-state index in [0.29, 0.717) is 35.0 Å². The molecule has 0 unspecified atom stereocenters. The predicted molar refractivity (Wildman–Crippen MR) is 130 cm³/mol. The maximum absolute atomic E-state index is 13.5. The van der Waals surface area contributed by atoms with Crippen LogP contribution in [0.15, 0.2) is 72.3 Å². The number of urea groups is 1. The van der Waals surface area contributed by atoms with Crippen molar-refractivity contribution in [2.45, 2.75) is 13.5 Å². The summed E-state index contributed by atoms with van der Waals surface area (Å²) in [5.74, 6) is -0.656. The van der Waals surface area contributed by atoms with E-state index in [1.807, 2.05) is 6.92 Å². The van der Waals surface area contributed by atoms with Gasteiger partial charge < -0.3 is 14.2 Å². The van der Waals surface area contributed by atoms with Crippen molar-refractivity contribution in [1.82, 2.24) is 5.32 Å². The van der Waals surface area contributed by atoms with Crippen molar-refractivity contribution in [3.05, 3.63) is 89.2 Å². The van der Waals surface area contributed by atoms with Gasteiger partial charge in [0.15, 0.2) is 0 Å². The number of methoxy groups -OCH3 is 1. The van der Waals surface area contributed by atoms with Crippen LogP contribution in [0.25, 0.3) is 6.08 Å². The van der Waals surface area contributed by atoms with E-state index in [1.165, 1.54) is 25.3 Å². The van der Waals surface area contributed by atoms with Gasteiger partial charge in [0.25, 0.3) is 11.8 Å². The first-order valence-electron chi connectivity index (χ1n) is 11.1. The van der Waals surface area contributed by atoms with Crippen LogP contribution in [0.4, 0.5) is 14.9 Å². The van der Waals surface area contributed by atoms with Gasteiger partial charge >= 0.3 is 6.03 Å². The summed E-state index contributed by atoms with van der Waals surface area (Å²) < 4.78 is 30.1. The topological polar surface area (TPSA) is 94.2 Å². The van der Waals surface area contributed by atoms with Crippen LogP contribution < -0.4 is 24.4 Å². The number of carbonyl (C=O) groups excluding carboxylic acids is 3. The SMILES string of the molecule is CCOc1ccc(N2C(=O)NC(=O)/C(=C\c3ccc(OC)cc3OCc3cccc(F)c3)C2=O)cc1. The summed E-state index contributed by atoms with van der Waals surface area (Å²) in [4.78, 5) is 39.2. The number of rotatable bonds is 8. The largest absolute Gasteiger partial charge is 0.497 e. The van der Waals surface area contributed by atoms with Crippen LogP contribution in [0.3, 0.4) is 0 Å². The maximum Gasteiger partial charge on any atom is 0.335 e. The maximum atomic E-state index is 13.5. The molecule has 0 spiro atoms. The van der Waals surface area contributed by atoms with Crippen molar-refractivity contribution in [2.24, 2.45) is 0 Å². The molecule has 1 aliphatic heterocycles. The van der Waals surface area contributed by atoms with Crippen molar-refractivity contribution >= 4 is 29.6 Å². The van der Waals surface area contributed by atoms with Gasteiger partial charge in [-0.3, -0.25) is 14.9 Å². The van der Waals surface area contributed by atoms with E-state index in [0.717, 1.165) is 4.90 Å². The molecule has 0 radical (unpaired) electrons. The molecule has 4 rings (SSSR count). The number of hydrogen-bond donors (Lipinski definition) is 1. The van der Waals surface area contributed by atoms with Crippen LogP contribution in [0.5, 0.6) is 17.2 Å². The number of barbiturate groups is 1. The minimum Gasteiger partial charge on any atom is -0.497 e. The molecule has 3 aromatic rings. The molecule has 1 aliphatic rings. The average molecular weight is 490 g/mol. The van der Waals surface area contributed by atoms with Gasteiger partial charge in [0, 0.05) is 11.6 Å². The molecular weight excluding hydrogens is 467 g/mol. The number of anilines is 1. The van der Waals surface area contributed by atoms with E-state index in [9.17, 15) is 18.8 Å². The highest BCUT2D eigenvalue weighted by Crippen LogP contribution is 2.30. The smallest absolute Gasteiger partial charge is 0.335 e. The lowest BCUT2D eigenvalue weighted by atomic mass is 10.1. The van der Waals surface area contributed by atoms with Gasteiger partial charge in [0.05, 0.1) is 19.4 Å². The quantitative estimate of drug-likeness (QED) is 0.370. The Morgan fingerprint density at radius 1 is 0.944 bits per heavy atom. The third-order valence-corrected chi connectivity index (χ3v) is 5.31. The van der Waals surface area contributed by atoms with Crippen LogP contribution >= 0.6 is 0 Å². The Morgan fingerprint density at radius 2 is 1.69 bits per heavy atom. The Morgan fingerprint density at radius 3 is 2.39 bits per heavy atom. The lowest BCUT2D eigenvalue weighted by molar-refractivity contribution is -0.122. The van der Waals surface area contributed by atoms with Crippen LogP contribution in [0, 0.1) is 5.82 Å². The van der Waals surface area contributed by atoms with Gasteiger partial charge in [-0.25, -0.2) is 14.1 Å². The molecule has 0 aromatic heterocycles. The van der Waals surface area contributed by atoms with Gasteiger partial charge in [0.1, 0.15) is 35.2 Å². The van der Waals surface area contributed by atoms with Crippen LogP contribution in [-0.2, 0) is 16.2 Å². The van der Waals surface area contributed by atoms with Crippen molar-refractivity contribution in [2.75, 3.05) is 18.6 Å². The molecular formula is C27H23FN2O6. The molecule has 4 amide bonds. The lowest BCUT2D eigenvalue weighted by Crippen LogP contribution is -2.54. The number of imide groups is 2. The summed E-state index contributed by atoms with van der Waals surface area (Å²) in [5, 5.41) is 2.19. The lowest BCUT2D eigenvalue weighted by Gasteiger charge is -2.26. The number of carbonyl (C=O) groups is 3. The standard InChI is InChI=1S/C27H23FN2O6/c1-3-35-21-11-8-20(9-12-21)30-26(32)23(25(31)29-27(30)33)14-18-7-10-22(34-2)15-24(18)36-16-17-5-4-6-19(28)13-17/h4-15H,3,16H2,1-2H3,(H,29,31,33)/b23-14+. The van der Waals surface area contributed by atoms with Gasteiger partial charge in [-0.15, -0.1) is 0 Å². The number of benzene rings is 3. The first kappa shape index (κ1) is 24.5. The predicted octanol–water partition coefficient (Wildman–Crippen LogP) is 4.48. The highest BCUT2D eigenvalue weighted by atomic mass is 19.1. The Kier molecular flexibility index (Phi) is 7.29. The molecule has 0 atom stereocenters. The second-order valence-electron chi connectivity index (χ2n) is 7.71. The third-order valence-electron chi connectivity index (χ3n) is 5.31. The van der Waals surface area contributed by atoms with E-state index in [4.69, 9.17) is 14.2 Å².